The van der Waals surface area contributed by atoms with Crippen molar-refractivity contribution in [3.05, 3.63) is 59.6 Å². The standard InChI is InChI=1S/C27H34N4O5S2/c1-17(2)12-21(30-27(34)24-14-19-8-4-5-9-23(19)37-24)26(33)29-20-13-18(3)15-31(16-22(20)32)38(35,36)25-10-6-7-11-28-25/h4-11,14,17-18,20-22,32H,12-13,15-16H2,1-3H3,(H,29,33)(H,30,34)/t18-,20-,21-,22-/m0/s1. The van der Waals surface area contributed by atoms with Crippen molar-refractivity contribution in [1.82, 2.24) is 19.9 Å². The molecule has 9 nitrogen and oxygen atoms in total. The summed E-state index contributed by atoms with van der Waals surface area (Å²) in [5.74, 6) is -0.724. The first kappa shape index (κ1) is 28.2. The third-order valence-corrected chi connectivity index (χ3v) is 9.44. The Labute approximate surface area is 227 Å². The predicted molar refractivity (Wildman–Crippen MR) is 147 cm³/mol. The minimum absolute atomic E-state index is 0.0807. The molecule has 4 rings (SSSR count). The summed E-state index contributed by atoms with van der Waals surface area (Å²) in [6, 6.07) is 12.7. The highest BCUT2D eigenvalue weighted by molar-refractivity contribution is 7.89. The Bertz CT molecular complexity index is 1340. The molecule has 38 heavy (non-hydrogen) atoms. The molecule has 2 aromatic heterocycles. The highest BCUT2D eigenvalue weighted by Crippen LogP contribution is 2.26. The summed E-state index contributed by atoms with van der Waals surface area (Å²) in [4.78, 5) is 30.9. The van der Waals surface area contributed by atoms with E-state index in [1.807, 2.05) is 51.1 Å². The third-order valence-electron chi connectivity index (χ3n) is 6.57. The van der Waals surface area contributed by atoms with Gasteiger partial charge in [-0.05, 0) is 54.3 Å². The highest BCUT2D eigenvalue weighted by atomic mass is 32.2. The average Bonchev–Trinajstić information content (AvgIpc) is 3.26. The largest absolute Gasteiger partial charge is 0.390 e. The molecule has 2 amide bonds. The van der Waals surface area contributed by atoms with Crippen LogP contribution in [0.3, 0.4) is 0 Å². The van der Waals surface area contributed by atoms with E-state index in [-0.39, 0.29) is 35.9 Å². The number of aliphatic hydroxyl groups is 1. The summed E-state index contributed by atoms with van der Waals surface area (Å²) in [5.41, 5.74) is 0. The molecule has 0 saturated carbocycles. The number of β-amino-alcohol motifs (C(OH)–C–C–N with tert-alkyl or cyclic N) is 1. The molecule has 3 aromatic rings. The van der Waals surface area contributed by atoms with Crippen LogP contribution in [0.15, 0.2) is 59.8 Å². The molecule has 1 saturated heterocycles. The molecular weight excluding hydrogens is 524 g/mol. The van der Waals surface area contributed by atoms with Gasteiger partial charge in [0.1, 0.15) is 6.04 Å². The van der Waals surface area contributed by atoms with Crippen LogP contribution in [0.5, 0.6) is 0 Å². The fourth-order valence-electron chi connectivity index (χ4n) is 4.72. The van der Waals surface area contributed by atoms with Gasteiger partial charge in [-0.2, -0.15) is 4.31 Å². The van der Waals surface area contributed by atoms with Crippen LogP contribution in [0.25, 0.3) is 10.1 Å². The Kier molecular flexibility index (Phi) is 8.81. The van der Waals surface area contributed by atoms with Gasteiger partial charge in [0.05, 0.1) is 17.0 Å². The molecule has 1 aliphatic rings. The van der Waals surface area contributed by atoms with E-state index in [4.69, 9.17) is 0 Å². The van der Waals surface area contributed by atoms with Gasteiger partial charge >= 0.3 is 0 Å². The number of rotatable bonds is 8. The number of sulfonamides is 1. The van der Waals surface area contributed by atoms with E-state index in [1.54, 1.807) is 12.1 Å². The second kappa shape index (κ2) is 11.9. The van der Waals surface area contributed by atoms with Crippen LogP contribution in [0.4, 0.5) is 0 Å². The number of fused-ring (bicyclic) bond motifs is 1. The van der Waals surface area contributed by atoms with Crippen LogP contribution in [-0.4, -0.2) is 65.9 Å². The Morgan fingerprint density at radius 3 is 2.58 bits per heavy atom. The average molecular weight is 559 g/mol. The maximum Gasteiger partial charge on any atom is 0.262 e. The van der Waals surface area contributed by atoms with Crippen molar-refractivity contribution in [2.24, 2.45) is 11.8 Å². The fourth-order valence-corrected chi connectivity index (χ4v) is 7.19. The second-order valence-electron chi connectivity index (χ2n) is 10.3. The zero-order valence-electron chi connectivity index (χ0n) is 21.7. The van der Waals surface area contributed by atoms with Gasteiger partial charge < -0.3 is 15.7 Å². The summed E-state index contributed by atoms with van der Waals surface area (Å²) < 4.78 is 28.5. The number of thiophene rings is 1. The van der Waals surface area contributed by atoms with E-state index >= 15 is 0 Å². The minimum Gasteiger partial charge on any atom is -0.390 e. The first-order valence-electron chi connectivity index (χ1n) is 12.7. The molecule has 0 unspecified atom stereocenters. The zero-order valence-corrected chi connectivity index (χ0v) is 23.3. The molecule has 1 aliphatic heterocycles. The molecule has 4 atom stereocenters. The number of carbonyl (C=O) groups is 2. The van der Waals surface area contributed by atoms with Gasteiger partial charge in [0.25, 0.3) is 15.9 Å². The van der Waals surface area contributed by atoms with Crippen LogP contribution in [0.1, 0.15) is 43.3 Å². The van der Waals surface area contributed by atoms with Crippen LogP contribution in [0, 0.1) is 11.8 Å². The predicted octanol–water partition coefficient (Wildman–Crippen LogP) is 3.02. The maximum absolute atomic E-state index is 13.4. The number of nitrogens with zero attached hydrogens (tertiary/aromatic N) is 2. The number of aromatic nitrogens is 1. The molecule has 0 radical (unpaired) electrons. The van der Waals surface area contributed by atoms with Crippen LogP contribution in [0.2, 0.25) is 0 Å². The molecule has 1 fully saturated rings. The van der Waals surface area contributed by atoms with Crippen LogP contribution < -0.4 is 10.6 Å². The molecule has 1 aromatic carbocycles. The lowest BCUT2D eigenvalue weighted by molar-refractivity contribution is -0.125. The van der Waals surface area contributed by atoms with E-state index in [0.29, 0.717) is 17.7 Å². The van der Waals surface area contributed by atoms with E-state index in [0.717, 1.165) is 10.1 Å². The van der Waals surface area contributed by atoms with Crippen LogP contribution >= 0.6 is 11.3 Å². The summed E-state index contributed by atoms with van der Waals surface area (Å²) in [5, 5.41) is 17.6. The molecule has 0 bridgehead atoms. The van der Waals surface area contributed by atoms with Crippen molar-refractivity contribution in [3.63, 3.8) is 0 Å². The number of benzene rings is 1. The van der Waals surface area contributed by atoms with Gasteiger partial charge in [-0.1, -0.05) is 45.0 Å². The SMILES string of the molecule is CC(C)C[C@H](NC(=O)c1cc2ccccc2s1)C(=O)N[C@H]1C[C@H](C)CN(S(=O)(=O)c2ccccn2)C[C@@H]1O. The van der Waals surface area contributed by atoms with Gasteiger partial charge in [-0.25, -0.2) is 13.4 Å². The summed E-state index contributed by atoms with van der Waals surface area (Å²) in [6.07, 6.45) is 1.09. The molecule has 0 spiro atoms. The lowest BCUT2D eigenvalue weighted by Crippen LogP contribution is -2.54. The smallest absolute Gasteiger partial charge is 0.262 e. The van der Waals surface area contributed by atoms with Crippen molar-refractivity contribution in [1.29, 1.82) is 0 Å². The molecular formula is C27H34N4O5S2. The lowest BCUT2D eigenvalue weighted by Gasteiger charge is -2.27. The Morgan fingerprint density at radius 2 is 1.89 bits per heavy atom. The molecule has 3 N–H and O–H groups in total. The summed E-state index contributed by atoms with van der Waals surface area (Å²) in [6.45, 7) is 5.84. The van der Waals surface area contributed by atoms with E-state index < -0.39 is 34.1 Å². The molecule has 11 heteroatoms. The van der Waals surface area contributed by atoms with Crippen molar-refractivity contribution in [3.8, 4) is 0 Å². The van der Waals surface area contributed by atoms with Gasteiger partial charge in [0.15, 0.2) is 5.03 Å². The number of carbonyl (C=O) groups excluding carboxylic acids is 2. The van der Waals surface area contributed by atoms with Gasteiger partial charge in [-0.15, -0.1) is 11.3 Å². The number of hydrogen-bond acceptors (Lipinski definition) is 7. The van der Waals surface area contributed by atoms with Gasteiger partial charge in [0, 0.05) is 24.0 Å². The fraction of sp³-hybridized carbons (Fsp3) is 0.444. The topological polar surface area (TPSA) is 129 Å². The van der Waals surface area contributed by atoms with Crippen molar-refractivity contribution in [2.45, 2.75) is 56.8 Å². The van der Waals surface area contributed by atoms with Gasteiger partial charge in [-0.3, -0.25) is 9.59 Å². The Morgan fingerprint density at radius 1 is 1.16 bits per heavy atom. The summed E-state index contributed by atoms with van der Waals surface area (Å²) >= 11 is 1.37. The van der Waals surface area contributed by atoms with Crippen molar-refractivity contribution >= 4 is 43.3 Å². The Hall–Kier alpha value is -2.86. The van der Waals surface area contributed by atoms with E-state index in [2.05, 4.69) is 15.6 Å². The monoisotopic (exact) mass is 558 g/mol. The number of pyridine rings is 1. The highest BCUT2D eigenvalue weighted by Gasteiger charge is 2.37. The third kappa shape index (κ3) is 6.58. The van der Waals surface area contributed by atoms with Crippen molar-refractivity contribution < 1.29 is 23.1 Å². The minimum atomic E-state index is -3.90. The zero-order chi connectivity index (χ0) is 27.4. The number of amides is 2. The quantitative estimate of drug-likeness (QED) is 0.390. The van der Waals surface area contributed by atoms with Crippen molar-refractivity contribution in [2.75, 3.05) is 13.1 Å². The van der Waals surface area contributed by atoms with E-state index in [9.17, 15) is 23.1 Å². The van der Waals surface area contributed by atoms with Crippen LogP contribution in [-0.2, 0) is 14.8 Å². The first-order valence-corrected chi connectivity index (χ1v) is 15.0. The second-order valence-corrected chi connectivity index (χ2v) is 13.3. The maximum atomic E-state index is 13.4. The molecule has 204 valence electrons. The number of aliphatic hydroxyl groups excluding tert-OH is 1. The number of nitrogens with one attached hydrogen (secondary N) is 2. The molecule has 3 heterocycles. The number of hydrogen-bond donors (Lipinski definition) is 3. The first-order chi connectivity index (χ1) is 18.0. The molecule has 0 aliphatic carbocycles. The normalized spacial score (nSPS) is 21.7. The summed E-state index contributed by atoms with van der Waals surface area (Å²) in [7, 11) is -3.90. The van der Waals surface area contributed by atoms with E-state index in [1.165, 1.54) is 27.9 Å². The Balaban J connectivity index is 1.47. The lowest BCUT2D eigenvalue weighted by atomic mass is 9.98. The van der Waals surface area contributed by atoms with Gasteiger partial charge in [0.2, 0.25) is 5.91 Å².